The maximum atomic E-state index is 14.2. The summed E-state index contributed by atoms with van der Waals surface area (Å²) in [6.45, 7) is -0.459. The van der Waals surface area contributed by atoms with E-state index in [2.05, 4.69) is 9.88 Å². The van der Waals surface area contributed by atoms with Crippen molar-refractivity contribution in [3.63, 3.8) is 0 Å². The van der Waals surface area contributed by atoms with Crippen molar-refractivity contribution in [1.82, 2.24) is 14.5 Å². The van der Waals surface area contributed by atoms with Gasteiger partial charge in [0.15, 0.2) is 7.05 Å². The smallest absolute Gasteiger partial charge is 0.345 e. The summed E-state index contributed by atoms with van der Waals surface area (Å²) < 4.78 is 2.89. The number of para-hydroxylation sites is 2. The Morgan fingerprint density at radius 1 is 0.902 bits per heavy atom. The number of fused-ring (bicyclic) bond motifs is 5. The van der Waals surface area contributed by atoms with Crippen LogP contribution < -0.4 is 17.0 Å². The fourth-order valence-corrected chi connectivity index (χ4v) is 8.62. The van der Waals surface area contributed by atoms with E-state index in [1.165, 1.54) is 58.4 Å². The summed E-state index contributed by atoms with van der Waals surface area (Å²) >= 11 is 0. The average Bonchev–Trinajstić information content (AvgIpc) is 3.10. The van der Waals surface area contributed by atoms with Gasteiger partial charge < -0.3 is 16.0 Å². The average molecular weight is 564 g/mol. The molecule has 4 bridgehead atoms. The molecule has 3 heterocycles. The maximum Gasteiger partial charge on any atom is 0.345 e. The monoisotopic (exact) mass is 563 g/mol. The second kappa shape index (κ2) is 11.5. The van der Waals surface area contributed by atoms with Gasteiger partial charge in [0.05, 0.1) is 11.0 Å². The molecule has 4 N–H and O–H groups in total. The SMILES string of the molecule is C[N+](OCC(N)=O)=C(C(N)=O)c1nc2ccccc2n(C2CC3CCCC(C2)N3C2CC3CCCCC(C3)C2)c1=O. The van der Waals surface area contributed by atoms with Crippen molar-refractivity contribution >= 4 is 28.6 Å². The number of hydroxylamine groups is 1. The lowest BCUT2D eigenvalue weighted by atomic mass is 9.73. The molecule has 2 aromatic rings. The zero-order chi connectivity index (χ0) is 28.7. The van der Waals surface area contributed by atoms with Crippen LogP contribution in [0.2, 0.25) is 0 Å². The van der Waals surface area contributed by atoms with Gasteiger partial charge in [0.25, 0.3) is 11.5 Å². The van der Waals surface area contributed by atoms with E-state index < -0.39 is 18.4 Å². The molecule has 4 atom stereocenters. The number of benzene rings is 1. The Bertz CT molecular complexity index is 1390. The highest BCUT2D eigenvalue weighted by Crippen LogP contribution is 2.47. The molecule has 1 aromatic carbocycles. The first-order valence-electron chi connectivity index (χ1n) is 15.4. The first-order chi connectivity index (χ1) is 19.8. The Morgan fingerprint density at radius 3 is 2.20 bits per heavy atom. The number of hydrogen-bond donors (Lipinski definition) is 2. The molecule has 4 aliphatic rings. The Labute approximate surface area is 240 Å². The van der Waals surface area contributed by atoms with Crippen LogP contribution >= 0.6 is 0 Å². The van der Waals surface area contributed by atoms with Crippen LogP contribution in [0.25, 0.3) is 11.0 Å². The van der Waals surface area contributed by atoms with E-state index in [0.29, 0.717) is 23.6 Å². The van der Waals surface area contributed by atoms with E-state index >= 15 is 0 Å². The summed E-state index contributed by atoms with van der Waals surface area (Å²) in [7, 11) is 1.42. The van der Waals surface area contributed by atoms with Crippen molar-refractivity contribution in [3.8, 4) is 0 Å². The van der Waals surface area contributed by atoms with Gasteiger partial charge in [0, 0.05) is 24.2 Å². The summed E-state index contributed by atoms with van der Waals surface area (Å²) in [6.07, 6.45) is 15.0. The van der Waals surface area contributed by atoms with Crippen LogP contribution in [-0.4, -0.2) is 68.5 Å². The third-order valence-corrected chi connectivity index (χ3v) is 10.1. The van der Waals surface area contributed by atoms with E-state index in [1.54, 1.807) is 0 Å². The van der Waals surface area contributed by atoms with Crippen LogP contribution in [0, 0.1) is 11.8 Å². The van der Waals surface area contributed by atoms with E-state index in [9.17, 15) is 14.4 Å². The predicted octanol–water partition coefficient (Wildman–Crippen LogP) is 2.65. The normalized spacial score (nSPS) is 30.8. The molecule has 2 saturated carbocycles. The molecule has 4 fully saturated rings. The second-order valence-electron chi connectivity index (χ2n) is 12.8. The highest BCUT2D eigenvalue weighted by atomic mass is 16.7. The zero-order valence-electron chi connectivity index (χ0n) is 24.0. The number of aromatic nitrogens is 2. The molecule has 2 aliphatic heterocycles. The van der Waals surface area contributed by atoms with Gasteiger partial charge in [-0.25, -0.2) is 4.98 Å². The quantitative estimate of drug-likeness (QED) is 0.302. The van der Waals surface area contributed by atoms with Crippen molar-refractivity contribution in [3.05, 3.63) is 40.3 Å². The molecule has 6 rings (SSSR count). The first kappa shape index (κ1) is 27.9. The van der Waals surface area contributed by atoms with Gasteiger partial charge in [-0.1, -0.05) is 44.2 Å². The summed E-state index contributed by atoms with van der Waals surface area (Å²) in [4.78, 5) is 50.9. The highest BCUT2D eigenvalue weighted by molar-refractivity contribution is 6.42. The van der Waals surface area contributed by atoms with E-state index in [4.69, 9.17) is 16.3 Å². The van der Waals surface area contributed by atoms with Gasteiger partial charge in [0.1, 0.15) is 0 Å². The summed E-state index contributed by atoms with van der Waals surface area (Å²) in [5, 5.41) is 0. The van der Waals surface area contributed by atoms with Crippen molar-refractivity contribution in [2.75, 3.05) is 13.7 Å². The molecule has 1 aromatic heterocycles. The topological polar surface area (TPSA) is 137 Å². The number of amides is 2. The molecule has 2 amide bonds. The van der Waals surface area contributed by atoms with Gasteiger partial charge in [-0.15, -0.1) is 0 Å². The van der Waals surface area contributed by atoms with Crippen molar-refractivity contribution in [2.24, 2.45) is 23.3 Å². The molecule has 220 valence electrons. The predicted molar refractivity (Wildman–Crippen MR) is 155 cm³/mol. The summed E-state index contributed by atoms with van der Waals surface area (Å²) in [5.41, 5.74) is 11.7. The summed E-state index contributed by atoms with van der Waals surface area (Å²) in [6, 6.07) is 9.08. The fourth-order valence-electron chi connectivity index (χ4n) is 8.62. The number of primary amides is 2. The van der Waals surface area contributed by atoms with Crippen LogP contribution in [0.5, 0.6) is 0 Å². The standard InChI is InChI=1S/C31H42N6O4/c1-35(41-18-27(32)38)29(30(33)39)28-31(40)37(26-12-5-4-11-25(26)34-28)24-16-21-9-6-10-22(17-24)36(21)23-14-19-7-2-3-8-20(13-19)15-23/h4-5,11-12,19-24H,2-3,6-10,13-18H2,1H3,(H3-,32,33,38,39)/p+1. The number of hydrogen-bond acceptors (Lipinski definition) is 6. The summed E-state index contributed by atoms with van der Waals surface area (Å²) in [5.74, 6) is 0.157. The lowest BCUT2D eigenvalue weighted by Gasteiger charge is -2.54. The largest absolute Gasteiger partial charge is 0.366 e. The van der Waals surface area contributed by atoms with Crippen LogP contribution in [0.3, 0.4) is 0 Å². The molecule has 2 aliphatic carbocycles. The van der Waals surface area contributed by atoms with Crippen LogP contribution in [0.4, 0.5) is 0 Å². The number of piperidine rings is 2. The molecule has 41 heavy (non-hydrogen) atoms. The zero-order valence-corrected chi connectivity index (χ0v) is 24.0. The third kappa shape index (κ3) is 5.50. The lowest BCUT2D eigenvalue weighted by molar-refractivity contribution is -0.764. The number of carbonyl (C=O) groups is 2. The molecule has 0 radical (unpaired) electrons. The van der Waals surface area contributed by atoms with Crippen LogP contribution in [0.15, 0.2) is 29.1 Å². The Balaban J connectivity index is 1.37. The van der Waals surface area contributed by atoms with Gasteiger partial charge in [-0.3, -0.25) is 24.1 Å². The van der Waals surface area contributed by atoms with Crippen molar-refractivity contribution in [1.29, 1.82) is 0 Å². The van der Waals surface area contributed by atoms with E-state index in [1.807, 2.05) is 28.8 Å². The highest BCUT2D eigenvalue weighted by Gasteiger charge is 2.45. The molecular formula is C31H43N6O4+. The fraction of sp³-hybridized carbons (Fsp3) is 0.645. The molecule has 10 heteroatoms. The van der Waals surface area contributed by atoms with Crippen molar-refractivity contribution < 1.29 is 19.2 Å². The Hall–Kier alpha value is -3.27. The Morgan fingerprint density at radius 2 is 1.56 bits per heavy atom. The molecular weight excluding hydrogens is 520 g/mol. The van der Waals surface area contributed by atoms with Gasteiger partial charge >= 0.3 is 11.6 Å². The molecule has 10 nitrogen and oxygen atoms in total. The van der Waals surface area contributed by atoms with E-state index in [0.717, 1.165) is 47.8 Å². The minimum absolute atomic E-state index is 0.0162. The van der Waals surface area contributed by atoms with Crippen molar-refractivity contribution in [2.45, 2.75) is 101 Å². The number of rotatable bonds is 7. The molecule has 0 spiro atoms. The minimum Gasteiger partial charge on any atom is -0.366 e. The number of carbonyl (C=O) groups excluding carboxylic acids is 2. The second-order valence-corrected chi connectivity index (χ2v) is 12.8. The van der Waals surface area contributed by atoms with Gasteiger partial charge in [-0.05, 0) is 73.7 Å². The number of nitrogens with zero attached hydrogens (tertiary/aromatic N) is 4. The third-order valence-electron chi connectivity index (χ3n) is 10.1. The van der Waals surface area contributed by atoms with Gasteiger partial charge in [-0.2, -0.15) is 0 Å². The van der Waals surface area contributed by atoms with Crippen LogP contribution in [-0.2, 0) is 14.4 Å². The van der Waals surface area contributed by atoms with Crippen LogP contribution in [0.1, 0.15) is 88.8 Å². The maximum absolute atomic E-state index is 14.2. The minimum atomic E-state index is -0.867. The lowest BCUT2D eigenvalue weighted by Crippen LogP contribution is -2.58. The molecule has 4 unspecified atom stereocenters. The Kier molecular flexibility index (Phi) is 7.85. The molecule has 2 saturated heterocycles. The first-order valence-corrected chi connectivity index (χ1v) is 15.4. The van der Waals surface area contributed by atoms with E-state index in [-0.39, 0.29) is 23.0 Å². The van der Waals surface area contributed by atoms with Gasteiger partial charge in [0.2, 0.25) is 12.3 Å². The number of nitrogens with two attached hydrogens (primary N) is 2.